The first-order valence-corrected chi connectivity index (χ1v) is 8.47. The molecule has 1 fully saturated rings. The molecule has 3 rings (SSSR count). The fourth-order valence-corrected chi connectivity index (χ4v) is 3.35. The summed E-state index contributed by atoms with van der Waals surface area (Å²) in [5.41, 5.74) is 1.60. The molecule has 1 aliphatic heterocycles. The number of hydrogen-bond donors (Lipinski definition) is 1. The second-order valence-corrected chi connectivity index (χ2v) is 6.58. The molecule has 1 aromatic carbocycles. The summed E-state index contributed by atoms with van der Waals surface area (Å²) < 4.78 is 5.29. The molecule has 2 aliphatic rings. The Kier molecular flexibility index (Phi) is 5.01. The predicted molar refractivity (Wildman–Crippen MR) is 88.9 cm³/mol. The van der Waals surface area contributed by atoms with E-state index in [9.17, 15) is 9.59 Å². The van der Waals surface area contributed by atoms with Crippen LogP contribution in [0.25, 0.3) is 5.57 Å². The van der Waals surface area contributed by atoms with Gasteiger partial charge in [-0.2, -0.15) is 0 Å². The van der Waals surface area contributed by atoms with Gasteiger partial charge in [-0.05, 0) is 30.5 Å². The number of nitrogens with one attached hydrogen (secondary N) is 1. The van der Waals surface area contributed by atoms with Gasteiger partial charge >= 0.3 is 5.97 Å². The molecule has 1 heterocycles. The normalized spacial score (nSPS) is 21.7. The standard InChI is InChI=1S/C18H20ClNO3/c19-13-8-6-12(7-9-13)15-10-18(22)23-16(15)11-17(21)20-14-4-2-1-3-5-14/h6-10,14,16H,1-5,11H2,(H,20,21). The Morgan fingerprint density at radius 3 is 2.57 bits per heavy atom. The number of ether oxygens (including phenoxy) is 1. The Balaban J connectivity index is 1.64. The number of carbonyl (C=O) groups excluding carboxylic acids is 2. The molecule has 1 amide bonds. The number of benzene rings is 1. The minimum absolute atomic E-state index is 0.0588. The summed E-state index contributed by atoms with van der Waals surface area (Å²) in [6.07, 6.45) is 6.76. The van der Waals surface area contributed by atoms with Crippen LogP contribution in [-0.4, -0.2) is 24.0 Å². The van der Waals surface area contributed by atoms with Gasteiger partial charge in [-0.25, -0.2) is 4.79 Å². The van der Waals surface area contributed by atoms with E-state index in [1.807, 2.05) is 12.1 Å². The topological polar surface area (TPSA) is 55.4 Å². The molecule has 0 saturated heterocycles. The summed E-state index contributed by atoms with van der Waals surface area (Å²) in [5.74, 6) is -0.457. The summed E-state index contributed by atoms with van der Waals surface area (Å²) >= 11 is 5.89. The fraction of sp³-hybridized carbons (Fsp3) is 0.444. The number of carbonyl (C=O) groups is 2. The van der Waals surface area contributed by atoms with Crippen molar-refractivity contribution in [2.45, 2.75) is 50.7 Å². The monoisotopic (exact) mass is 333 g/mol. The van der Waals surface area contributed by atoms with E-state index in [1.54, 1.807) is 12.1 Å². The van der Waals surface area contributed by atoms with Crippen LogP contribution in [0.1, 0.15) is 44.1 Å². The number of cyclic esters (lactones) is 1. The number of amides is 1. The van der Waals surface area contributed by atoms with Crippen LogP contribution in [0.2, 0.25) is 5.02 Å². The molecule has 0 aromatic heterocycles. The fourth-order valence-electron chi connectivity index (χ4n) is 3.22. The second-order valence-electron chi connectivity index (χ2n) is 6.14. The largest absolute Gasteiger partial charge is 0.454 e. The van der Waals surface area contributed by atoms with Gasteiger partial charge in [0.1, 0.15) is 6.10 Å². The van der Waals surface area contributed by atoms with E-state index < -0.39 is 12.1 Å². The van der Waals surface area contributed by atoms with Gasteiger partial charge in [0.05, 0.1) is 6.42 Å². The maximum Gasteiger partial charge on any atom is 0.331 e. The third-order valence-electron chi connectivity index (χ3n) is 4.40. The van der Waals surface area contributed by atoms with Crippen molar-refractivity contribution in [2.24, 2.45) is 0 Å². The third kappa shape index (κ3) is 4.14. The van der Waals surface area contributed by atoms with Crippen molar-refractivity contribution in [2.75, 3.05) is 0 Å². The lowest BCUT2D eigenvalue weighted by molar-refractivity contribution is -0.139. The molecule has 1 aromatic rings. The zero-order valence-electron chi connectivity index (χ0n) is 12.9. The number of halogens is 1. The van der Waals surface area contributed by atoms with E-state index in [1.165, 1.54) is 25.3 Å². The van der Waals surface area contributed by atoms with E-state index >= 15 is 0 Å². The Hall–Kier alpha value is -1.81. The van der Waals surface area contributed by atoms with Crippen molar-refractivity contribution in [3.05, 3.63) is 40.9 Å². The van der Waals surface area contributed by atoms with Gasteiger partial charge in [-0.3, -0.25) is 4.79 Å². The molecule has 1 saturated carbocycles. The molecule has 1 atom stereocenters. The molecule has 0 bridgehead atoms. The number of rotatable bonds is 4. The van der Waals surface area contributed by atoms with Crippen LogP contribution in [0.15, 0.2) is 30.3 Å². The van der Waals surface area contributed by atoms with E-state index in [-0.39, 0.29) is 18.4 Å². The highest BCUT2D eigenvalue weighted by Gasteiger charge is 2.30. The molecule has 0 radical (unpaired) electrons. The minimum Gasteiger partial charge on any atom is -0.454 e. The van der Waals surface area contributed by atoms with Crippen molar-refractivity contribution < 1.29 is 14.3 Å². The Bertz CT molecular complexity index is 618. The molecular weight excluding hydrogens is 314 g/mol. The van der Waals surface area contributed by atoms with Crippen LogP contribution < -0.4 is 5.32 Å². The van der Waals surface area contributed by atoms with Gasteiger partial charge in [-0.1, -0.05) is 43.0 Å². The van der Waals surface area contributed by atoms with Gasteiger partial charge in [-0.15, -0.1) is 0 Å². The average molecular weight is 334 g/mol. The van der Waals surface area contributed by atoms with Crippen LogP contribution in [0, 0.1) is 0 Å². The molecule has 1 aliphatic carbocycles. The van der Waals surface area contributed by atoms with E-state index in [0.717, 1.165) is 24.0 Å². The lowest BCUT2D eigenvalue weighted by Gasteiger charge is -2.23. The summed E-state index contributed by atoms with van der Waals surface area (Å²) in [4.78, 5) is 23.9. The average Bonchev–Trinajstić information content (AvgIpc) is 2.89. The van der Waals surface area contributed by atoms with E-state index in [0.29, 0.717) is 5.02 Å². The van der Waals surface area contributed by atoms with Crippen molar-refractivity contribution in [3.63, 3.8) is 0 Å². The van der Waals surface area contributed by atoms with Crippen LogP contribution in [-0.2, 0) is 14.3 Å². The molecule has 4 nitrogen and oxygen atoms in total. The number of esters is 1. The zero-order valence-corrected chi connectivity index (χ0v) is 13.6. The Morgan fingerprint density at radius 1 is 1.17 bits per heavy atom. The quantitative estimate of drug-likeness (QED) is 0.858. The van der Waals surface area contributed by atoms with Crippen LogP contribution in [0.5, 0.6) is 0 Å². The molecule has 1 N–H and O–H groups in total. The van der Waals surface area contributed by atoms with Gasteiger partial charge < -0.3 is 10.1 Å². The van der Waals surface area contributed by atoms with E-state index in [4.69, 9.17) is 16.3 Å². The SMILES string of the molecule is O=C(CC1OC(=O)C=C1c1ccc(Cl)cc1)NC1CCCCC1. The summed E-state index contributed by atoms with van der Waals surface area (Å²) in [6.45, 7) is 0. The first-order chi connectivity index (χ1) is 11.1. The lowest BCUT2D eigenvalue weighted by Crippen LogP contribution is -2.38. The highest BCUT2D eigenvalue weighted by Crippen LogP contribution is 2.29. The van der Waals surface area contributed by atoms with Gasteiger partial charge in [0.2, 0.25) is 5.91 Å². The Labute approximate surface area is 140 Å². The predicted octanol–water partition coefficient (Wildman–Crippen LogP) is 3.49. The van der Waals surface area contributed by atoms with E-state index in [2.05, 4.69) is 5.32 Å². The zero-order chi connectivity index (χ0) is 16.2. The van der Waals surface area contributed by atoms with Gasteiger partial charge in [0.15, 0.2) is 0 Å². The van der Waals surface area contributed by atoms with Crippen molar-refractivity contribution >= 4 is 29.1 Å². The van der Waals surface area contributed by atoms with Crippen LogP contribution >= 0.6 is 11.6 Å². The molecule has 5 heteroatoms. The van der Waals surface area contributed by atoms with Crippen LogP contribution in [0.3, 0.4) is 0 Å². The molecule has 23 heavy (non-hydrogen) atoms. The molecular formula is C18H20ClNO3. The van der Waals surface area contributed by atoms with Gasteiger partial charge in [0.25, 0.3) is 0 Å². The lowest BCUT2D eigenvalue weighted by atomic mass is 9.95. The third-order valence-corrected chi connectivity index (χ3v) is 4.65. The number of hydrogen-bond acceptors (Lipinski definition) is 3. The first-order valence-electron chi connectivity index (χ1n) is 8.09. The second kappa shape index (κ2) is 7.18. The maximum atomic E-state index is 12.3. The van der Waals surface area contributed by atoms with Crippen molar-refractivity contribution in [3.8, 4) is 0 Å². The summed E-state index contributed by atoms with van der Waals surface area (Å²) in [7, 11) is 0. The highest BCUT2D eigenvalue weighted by atomic mass is 35.5. The summed E-state index contributed by atoms with van der Waals surface area (Å²) in [6, 6.07) is 7.46. The Morgan fingerprint density at radius 2 is 1.87 bits per heavy atom. The van der Waals surface area contributed by atoms with Crippen LogP contribution in [0.4, 0.5) is 0 Å². The van der Waals surface area contributed by atoms with Gasteiger partial charge in [0, 0.05) is 22.7 Å². The first kappa shape index (κ1) is 16.1. The molecule has 0 spiro atoms. The summed E-state index contributed by atoms with van der Waals surface area (Å²) in [5, 5.41) is 3.69. The minimum atomic E-state index is -0.521. The molecule has 122 valence electrons. The van der Waals surface area contributed by atoms with Crippen molar-refractivity contribution in [1.82, 2.24) is 5.32 Å². The molecule has 1 unspecified atom stereocenters. The maximum absolute atomic E-state index is 12.3. The highest BCUT2D eigenvalue weighted by molar-refractivity contribution is 6.30. The smallest absolute Gasteiger partial charge is 0.331 e. The van der Waals surface area contributed by atoms with Crippen molar-refractivity contribution in [1.29, 1.82) is 0 Å².